The van der Waals surface area contributed by atoms with Crippen molar-refractivity contribution in [2.45, 2.75) is 31.2 Å². The maximum atomic E-state index is 11.7. The molecule has 112 valence electrons. The number of nitrogens with zero attached hydrogens (tertiary/aromatic N) is 3. The Hall–Kier alpha value is -1.48. The molecule has 2 rings (SSSR count). The normalized spacial score (nSPS) is 20.2. The van der Waals surface area contributed by atoms with Gasteiger partial charge in [-0.05, 0) is 19.4 Å². The average Bonchev–Trinajstić information content (AvgIpc) is 2.96. The summed E-state index contributed by atoms with van der Waals surface area (Å²) in [6.07, 6.45) is 2.84. The molecule has 1 aromatic rings. The summed E-state index contributed by atoms with van der Waals surface area (Å²) in [4.78, 5) is 17.7. The lowest BCUT2D eigenvalue weighted by Crippen LogP contribution is -2.41. The van der Waals surface area contributed by atoms with Gasteiger partial charge in [-0.1, -0.05) is 5.16 Å². The highest BCUT2D eigenvalue weighted by molar-refractivity contribution is 7.89. The van der Waals surface area contributed by atoms with Gasteiger partial charge in [0.2, 0.25) is 11.8 Å². The van der Waals surface area contributed by atoms with Crippen LogP contribution in [0.2, 0.25) is 0 Å². The van der Waals surface area contributed by atoms with Crippen LogP contribution in [0.5, 0.6) is 0 Å². The van der Waals surface area contributed by atoms with Gasteiger partial charge in [-0.15, -0.1) is 0 Å². The Balaban J connectivity index is 2.01. The van der Waals surface area contributed by atoms with Crippen LogP contribution >= 0.6 is 0 Å². The number of carbonyl (C=O) groups is 1. The van der Waals surface area contributed by atoms with Gasteiger partial charge in [0.1, 0.15) is 5.75 Å². The fraction of sp³-hybridized carbons (Fsp3) is 0.727. The van der Waals surface area contributed by atoms with Gasteiger partial charge in [0.15, 0.2) is 15.7 Å². The maximum absolute atomic E-state index is 11.7. The molecule has 0 aromatic carbocycles. The van der Waals surface area contributed by atoms with Crippen molar-refractivity contribution in [2.75, 3.05) is 19.8 Å². The van der Waals surface area contributed by atoms with Crippen LogP contribution in [-0.2, 0) is 26.9 Å². The molecule has 1 aromatic heterocycles. The van der Waals surface area contributed by atoms with E-state index in [0.717, 1.165) is 25.6 Å². The Morgan fingerprint density at radius 2 is 2.30 bits per heavy atom. The molecule has 9 heteroatoms. The minimum Gasteiger partial charge on any atom is -0.358 e. The third-order valence-electron chi connectivity index (χ3n) is 3.15. The quantitative estimate of drug-likeness (QED) is 0.768. The Kier molecular flexibility index (Phi) is 4.39. The number of aromatic nitrogens is 2. The van der Waals surface area contributed by atoms with Crippen LogP contribution in [0.3, 0.4) is 0 Å². The van der Waals surface area contributed by atoms with Crippen molar-refractivity contribution in [3.05, 3.63) is 11.7 Å². The molecule has 8 nitrogen and oxygen atoms in total. The number of hydrogen-bond acceptors (Lipinski definition) is 7. The van der Waals surface area contributed by atoms with E-state index in [1.807, 2.05) is 4.90 Å². The molecule has 0 radical (unpaired) electrons. The summed E-state index contributed by atoms with van der Waals surface area (Å²) >= 11 is 0. The van der Waals surface area contributed by atoms with E-state index >= 15 is 0 Å². The number of rotatable bonds is 5. The number of sulfone groups is 1. The van der Waals surface area contributed by atoms with Crippen LogP contribution in [0.4, 0.5) is 0 Å². The van der Waals surface area contributed by atoms with Gasteiger partial charge >= 0.3 is 0 Å². The summed E-state index contributed by atoms with van der Waals surface area (Å²) in [6, 6.07) is -0.190. The highest BCUT2D eigenvalue weighted by Crippen LogP contribution is 2.19. The number of amides is 1. The van der Waals surface area contributed by atoms with E-state index in [1.165, 1.54) is 0 Å². The summed E-state index contributed by atoms with van der Waals surface area (Å²) in [6.45, 7) is 1.14. The van der Waals surface area contributed by atoms with Gasteiger partial charge < -0.3 is 9.84 Å². The van der Waals surface area contributed by atoms with Gasteiger partial charge in [0.05, 0.1) is 12.6 Å². The minimum absolute atomic E-state index is 0.0293. The molecule has 0 saturated carbocycles. The lowest BCUT2D eigenvalue weighted by atomic mass is 10.2. The van der Waals surface area contributed by atoms with E-state index in [0.29, 0.717) is 12.4 Å². The third-order valence-corrected chi connectivity index (χ3v) is 3.94. The maximum Gasteiger partial charge on any atom is 0.240 e. The smallest absolute Gasteiger partial charge is 0.240 e. The van der Waals surface area contributed by atoms with Gasteiger partial charge in [0.25, 0.3) is 0 Å². The number of likely N-dealkylation sites (N-methyl/N-ethyl adjacent to an activating group) is 1. The van der Waals surface area contributed by atoms with Crippen molar-refractivity contribution in [1.29, 1.82) is 0 Å². The molecule has 0 aliphatic carbocycles. The van der Waals surface area contributed by atoms with Crippen LogP contribution in [0.25, 0.3) is 0 Å². The molecular formula is C11H18N4O4S. The van der Waals surface area contributed by atoms with Gasteiger partial charge in [0, 0.05) is 13.3 Å². The molecule has 2 heterocycles. The first kappa shape index (κ1) is 14.9. The number of likely N-dealkylation sites (tertiary alicyclic amines) is 1. The first-order chi connectivity index (χ1) is 9.39. The lowest BCUT2D eigenvalue weighted by Gasteiger charge is -2.20. The van der Waals surface area contributed by atoms with E-state index in [2.05, 4.69) is 15.5 Å². The predicted molar refractivity (Wildman–Crippen MR) is 70.3 cm³/mol. The molecule has 1 atom stereocenters. The predicted octanol–water partition coefficient (Wildman–Crippen LogP) is -0.675. The first-order valence-electron chi connectivity index (χ1n) is 6.34. The van der Waals surface area contributed by atoms with Crippen molar-refractivity contribution in [3.8, 4) is 0 Å². The molecule has 1 amide bonds. The SMILES string of the molecule is CNC(=O)C1CCCN1Cc1nc(CS(C)(=O)=O)no1. The molecule has 1 fully saturated rings. The average molecular weight is 302 g/mol. The molecular weight excluding hydrogens is 284 g/mol. The summed E-state index contributed by atoms with van der Waals surface area (Å²) in [5.74, 6) is 0.214. The van der Waals surface area contributed by atoms with Crippen LogP contribution in [0.1, 0.15) is 24.6 Å². The van der Waals surface area contributed by atoms with Crippen LogP contribution in [0, 0.1) is 0 Å². The second-order valence-corrected chi connectivity index (χ2v) is 7.06. The van der Waals surface area contributed by atoms with Crippen LogP contribution in [0.15, 0.2) is 4.52 Å². The number of hydrogen-bond donors (Lipinski definition) is 1. The zero-order valence-electron chi connectivity index (χ0n) is 11.5. The highest BCUT2D eigenvalue weighted by atomic mass is 32.2. The van der Waals surface area contributed by atoms with E-state index in [-0.39, 0.29) is 23.5 Å². The van der Waals surface area contributed by atoms with Crippen molar-refractivity contribution in [3.63, 3.8) is 0 Å². The Morgan fingerprint density at radius 3 is 2.95 bits per heavy atom. The fourth-order valence-corrected chi connectivity index (χ4v) is 2.89. The highest BCUT2D eigenvalue weighted by Gasteiger charge is 2.31. The zero-order valence-corrected chi connectivity index (χ0v) is 12.3. The van der Waals surface area contributed by atoms with Gasteiger partial charge in [-0.2, -0.15) is 4.98 Å². The molecule has 1 saturated heterocycles. The topological polar surface area (TPSA) is 105 Å². The number of nitrogens with one attached hydrogen (secondary N) is 1. The largest absolute Gasteiger partial charge is 0.358 e. The molecule has 1 aliphatic heterocycles. The Labute approximate surface area is 117 Å². The standard InChI is InChI=1S/C11H18N4O4S/c1-12-11(16)8-4-3-5-15(8)6-10-13-9(14-19-10)7-20(2,17)18/h8H,3-7H2,1-2H3,(H,12,16). The van der Waals surface area contributed by atoms with E-state index < -0.39 is 9.84 Å². The summed E-state index contributed by atoms with van der Waals surface area (Å²) in [5, 5.41) is 6.27. The summed E-state index contributed by atoms with van der Waals surface area (Å²) < 4.78 is 27.3. The third kappa shape index (κ3) is 3.76. The molecule has 0 spiro atoms. The van der Waals surface area contributed by atoms with Crippen molar-refractivity contribution in [1.82, 2.24) is 20.4 Å². The first-order valence-corrected chi connectivity index (χ1v) is 8.40. The minimum atomic E-state index is -3.18. The van der Waals surface area contributed by atoms with Gasteiger partial charge in [-0.25, -0.2) is 8.42 Å². The fourth-order valence-electron chi connectivity index (χ4n) is 2.30. The van der Waals surface area contributed by atoms with Crippen molar-refractivity contribution < 1.29 is 17.7 Å². The van der Waals surface area contributed by atoms with E-state index in [4.69, 9.17) is 4.52 Å². The zero-order chi connectivity index (χ0) is 14.8. The van der Waals surface area contributed by atoms with Crippen LogP contribution in [-0.4, -0.2) is 55.3 Å². The monoisotopic (exact) mass is 302 g/mol. The molecule has 20 heavy (non-hydrogen) atoms. The van der Waals surface area contributed by atoms with Gasteiger partial charge in [-0.3, -0.25) is 9.69 Å². The molecule has 0 bridgehead atoms. The van der Waals surface area contributed by atoms with Crippen molar-refractivity contribution in [2.24, 2.45) is 0 Å². The summed E-state index contributed by atoms with van der Waals surface area (Å²) in [5.41, 5.74) is 0. The van der Waals surface area contributed by atoms with E-state index in [1.54, 1.807) is 7.05 Å². The second-order valence-electron chi connectivity index (χ2n) is 4.92. The number of carbonyl (C=O) groups excluding carboxylic acids is 1. The lowest BCUT2D eigenvalue weighted by molar-refractivity contribution is -0.125. The van der Waals surface area contributed by atoms with Crippen LogP contribution < -0.4 is 5.32 Å². The Morgan fingerprint density at radius 1 is 1.55 bits per heavy atom. The molecule has 1 aliphatic rings. The second kappa shape index (κ2) is 5.88. The summed E-state index contributed by atoms with van der Waals surface area (Å²) in [7, 11) is -1.58. The molecule has 1 unspecified atom stereocenters. The van der Waals surface area contributed by atoms with E-state index in [9.17, 15) is 13.2 Å². The Bertz CT molecular complexity index is 583. The van der Waals surface area contributed by atoms with Crippen molar-refractivity contribution >= 4 is 15.7 Å². The molecule has 1 N–H and O–H groups in total.